The molecule has 0 spiro atoms. The molecule has 3 unspecified atom stereocenters. The molecule has 1 aromatic rings. The van der Waals surface area contributed by atoms with E-state index in [0.717, 1.165) is 44.9 Å². The van der Waals surface area contributed by atoms with E-state index < -0.39 is 11.7 Å². The molecule has 1 amide bonds. The highest BCUT2D eigenvalue weighted by Gasteiger charge is 2.71. The molecule has 5 nitrogen and oxygen atoms in total. The molecule has 5 rings (SSSR count). The van der Waals surface area contributed by atoms with Gasteiger partial charge in [-0.25, -0.2) is 0 Å². The van der Waals surface area contributed by atoms with Crippen molar-refractivity contribution in [3.05, 3.63) is 35.9 Å². The molecule has 218 valence electrons. The zero-order chi connectivity index (χ0) is 28.4. The van der Waals surface area contributed by atoms with Gasteiger partial charge in [-0.3, -0.25) is 4.79 Å². The number of carbonyl (C=O) groups is 1. The third kappa shape index (κ3) is 4.41. The summed E-state index contributed by atoms with van der Waals surface area (Å²) in [7, 11) is 0. The molecule has 4 aliphatic rings. The minimum absolute atomic E-state index is 0.0281. The standard InChI is InChI=1S/C34H53NO4/c1-30(2)25-14-19-32(4)26(31(25,3)17-15-27(30)37)21-24(36)28-23(13-18-33(28,32)5)34(6,39)16-10-20-35-29(38)22-11-8-7-9-12-22/h7-9,11-12,23-28,36-37,39H,10,13-21H2,1-6H3,(H,35,38)/t23-,24+,25?,26?,27-,28?,31-,32+,33+,34-/m0/s1. The summed E-state index contributed by atoms with van der Waals surface area (Å²) >= 11 is 0. The molecule has 4 aliphatic carbocycles. The van der Waals surface area contributed by atoms with E-state index >= 15 is 0 Å². The monoisotopic (exact) mass is 539 g/mol. The molecule has 1 aromatic carbocycles. The highest BCUT2D eigenvalue weighted by Crippen LogP contribution is 2.75. The molecular formula is C34H53NO4. The van der Waals surface area contributed by atoms with Crippen LogP contribution >= 0.6 is 0 Å². The van der Waals surface area contributed by atoms with Crippen LogP contribution in [0.25, 0.3) is 0 Å². The summed E-state index contributed by atoms with van der Waals surface area (Å²) in [6.45, 7) is 14.4. The molecule has 0 radical (unpaired) electrons. The number of rotatable bonds is 6. The van der Waals surface area contributed by atoms with E-state index in [1.807, 2.05) is 37.3 Å². The zero-order valence-electron chi connectivity index (χ0n) is 25.2. The number of aliphatic hydroxyl groups is 3. The van der Waals surface area contributed by atoms with Crippen molar-refractivity contribution in [1.82, 2.24) is 5.32 Å². The average Bonchev–Trinajstić information content (AvgIpc) is 3.27. The van der Waals surface area contributed by atoms with Crippen LogP contribution in [0.1, 0.15) is 110 Å². The van der Waals surface area contributed by atoms with Gasteiger partial charge in [0.25, 0.3) is 5.91 Å². The first-order valence-electron chi connectivity index (χ1n) is 15.6. The Labute approximate surface area is 236 Å². The summed E-state index contributed by atoms with van der Waals surface area (Å²) in [6.07, 6.45) is 7.58. The summed E-state index contributed by atoms with van der Waals surface area (Å²) in [5.74, 6) is 0.937. The molecule has 4 saturated carbocycles. The van der Waals surface area contributed by atoms with E-state index in [1.165, 1.54) is 0 Å². The first-order valence-corrected chi connectivity index (χ1v) is 15.6. The Hall–Kier alpha value is -1.43. The third-order valence-corrected chi connectivity index (χ3v) is 13.3. The van der Waals surface area contributed by atoms with Gasteiger partial charge in [0, 0.05) is 12.1 Å². The molecule has 4 N–H and O–H groups in total. The van der Waals surface area contributed by atoms with Gasteiger partial charge < -0.3 is 20.6 Å². The lowest BCUT2D eigenvalue weighted by Crippen LogP contribution is -2.66. The van der Waals surface area contributed by atoms with Gasteiger partial charge in [-0.15, -0.1) is 0 Å². The maximum atomic E-state index is 12.4. The topological polar surface area (TPSA) is 89.8 Å². The summed E-state index contributed by atoms with van der Waals surface area (Å²) in [4.78, 5) is 12.4. The van der Waals surface area contributed by atoms with Gasteiger partial charge in [-0.1, -0.05) is 52.8 Å². The van der Waals surface area contributed by atoms with Crippen molar-refractivity contribution in [1.29, 1.82) is 0 Å². The molecule has 0 aromatic heterocycles. The lowest BCUT2D eigenvalue weighted by molar-refractivity contribution is -0.246. The van der Waals surface area contributed by atoms with Gasteiger partial charge in [0.2, 0.25) is 0 Å². The van der Waals surface area contributed by atoms with Gasteiger partial charge in [-0.05, 0) is 122 Å². The molecule has 10 atom stereocenters. The van der Waals surface area contributed by atoms with Gasteiger partial charge >= 0.3 is 0 Å². The van der Waals surface area contributed by atoms with Crippen LogP contribution in [-0.2, 0) is 0 Å². The molecule has 5 heteroatoms. The van der Waals surface area contributed by atoms with Crippen molar-refractivity contribution in [2.24, 2.45) is 45.3 Å². The third-order valence-electron chi connectivity index (χ3n) is 13.3. The van der Waals surface area contributed by atoms with Gasteiger partial charge in [0.15, 0.2) is 0 Å². The Morgan fingerprint density at radius 1 is 0.949 bits per heavy atom. The highest BCUT2D eigenvalue weighted by atomic mass is 16.3. The number of hydrogen-bond donors (Lipinski definition) is 4. The fourth-order valence-corrected chi connectivity index (χ4v) is 11.0. The highest BCUT2D eigenvalue weighted by molar-refractivity contribution is 5.94. The van der Waals surface area contributed by atoms with Crippen LogP contribution in [0.2, 0.25) is 0 Å². The van der Waals surface area contributed by atoms with Gasteiger partial charge in [0.1, 0.15) is 0 Å². The maximum Gasteiger partial charge on any atom is 0.251 e. The lowest BCUT2D eigenvalue weighted by Gasteiger charge is -2.70. The maximum absolute atomic E-state index is 12.4. The largest absolute Gasteiger partial charge is 0.393 e. The SMILES string of the molecule is CC1(C)C2CC[C@]3(C)C(C[C@@H](O)C4[C@@H]([C@@](C)(O)CCCNC(=O)c5ccccc5)CC[C@]43C)[C@@]2(C)CC[C@@H]1O. The first kappa shape index (κ1) is 29.1. The van der Waals surface area contributed by atoms with Crippen LogP contribution in [0.3, 0.4) is 0 Å². The fourth-order valence-electron chi connectivity index (χ4n) is 11.0. The van der Waals surface area contributed by atoms with Crippen molar-refractivity contribution in [2.45, 2.75) is 117 Å². The minimum atomic E-state index is -0.887. The van der Waals surface area contributed by atoms with Crippen LogP contribution in [0, 0.1) is 45.3 Å². The Bertz CT molecular complexity index is 1050. The van der Waals surface area contributed by atoms with Crippen LogP contribution in [0.4, 0.5) is 0 Å². The number of nitrogens with one attached hydrogen (secondary N) is 1. The van der Waals surface area contributed by atoms with E-state index in [9.17, 15) is 20.1 Å². The minimum Gasteiger partial charge on any atom is -0.393 e. The average molecular weight is 540 g/mol. The second-order valence-corrected chi connectivity index (χ2v) is 15.4. The number of amides is 1. The fraction of sp³-hybridized carbons (Fsp3) is 0.794. The summed E-state index contributed by atoms with van der Waals surface area (Å²) in [5, 5.41) is 37.6. The van der Waals surface area contributed by atoms with E-state index in [4.69, 9.17) is 0 Å². The molecule has 39 heavy (non-hydrogen) atoms. The van der Waals surface area contributed by atoms with Crippen molar-refractivity contribution in [2.75, 3.05) is 6.54 Å². The number of aliphatic hydroxyl groups excluding tert-OH is 2. The Morgan fingerprint density at radius 3 is 2.31 bits per heavy atom. The van der Waals surface area contributed by atoms with E-state index in [0.29, 0.717) is 36.8 Å². The predicted molar refractivity (Wildman–Crippen MR) is 155 cm³/mol. The second-order valence-electron chi connectivity index (χ2n) is 15.4. The number of carbonyl (C=O) groups excluding carboxylic acids is 1. The number of fused-ring (bicyclic) bond motifs is 5. The van der Waals surface area contributed by atoms with Crippen LogP contribution in [0.5, 0.6) is 0 Å². The van der Waals surface area contributed by atoms with Crippen molar-refractivity contribution >= 4 is 5.91 Å². The first-order chi connectivity index (χ1) is 18.2. The summed E-state index contributed by atoms with van der Waals surface area (Å²) < 4.78 is 0. The summed E-state index contributed by atoms with van der Waals surface area (Å²) in [5.41, 5.74) is -0.142. The van der Waals surface area contributed by atoms with Gasteiger partial charge in [-0.2, -0.15) is 0 Å². The Morgan fingerprint density at radius 2 is 1.62 bits per heavy atom. The van der Waals surface area contributed by atoms with Crippen molar-refractivity contribution in [3.8, 4) is 0 Å². The predicted octanol–water partition coefficient (Wildman–Crippen LogP) is 5.96. The van der Waals surface area contributed by atoms with Gasteiger partial charge in [0.05, 0.1) is 17.8 Å². The number of benzene rings is 1. The van der Waals surface area contributed by atoms with E-state index in [2.05, 4.69) is 39.9 Å². The summed E-state index contributed by atoms with van der Waals surface area (Å²) in [6, 6.07) is 9.25. The zero-order valence-corrected chi connectivity index (χ0v) is 25.2. The molecular weight excluding hydrogens is 486 g/mol. The molecule has 0 heterocycles. The number of hydrogen-bond acceptors (Lipinski definition) is 4. The Kier molecular flexibility index (Phi) is 7.34. The van der Waals surface area contributed by atoms with E-state index in [-0.39, 0.29) is 45.5 Å². The van der Waals surface area contributed by atoms with Crippen LogP contribution in [0.15, 0.2) is 30.3 Å². The molecule has 0 bridgehead atoms. The smallest absolute Gasteiger partial charge is 0.251 e. The normalized spacial score (nSPS) is 44.4. The van der Waals surface area contributed by atoms with E-state index in [1.54, 1.807) is 0 Å². The molecule has 0 saturated heterocycles. The quantitative estimate of drug-likeness (QED) is 0.336. The van der Waals surface area contributed by atoms with Crippen molar-refractivity contribution < 1.29 is 20.1 Å². The van der Waals surface area contributed by atoms with Crippen LogP contribution < -0.4 is 5.32 Å². The lowest BCUT2D eigenvalue weighted by atomic mass is 9.35. The second kappa shape index (κ2) is 9.84. The molecule has 4 fully saturated rings. The molecule has 0 aliphatic heterocycles. The Balaban J connectivity index is 1.30. The van der Waals surface area contributed by atoms with Crippen molar-refractivity contribution in [3.63, 3.8) is 0 Å². The van der Waals surface area contributed by atoms with Crippen LogP contribution in [-0.4, -0.2) is 45.6 Å².